The van der Waals surface area contributed by atoms with E-state index in [9.17, 15) is 0 Å². The van der Waals surface area contributed by atoms with Crippen LogP contribution in [0.4, 0.5) is 0 Å². The molecular formula is C6H13ClN+. The van der Waals surface area contributed by atoms with Gasteiger partial charge in [-0.3, -0.25) is 0 Å². The number of alkyl halides is 1. The van der Waals surface area contributed by atoms with Gasteiger partial charge in [0.05, 0.1) is 20.1 Å². The van der Waals surface area contributed by atoms with E-state index in [1.807, 2.05) is 0 Å². The normalized spacial score (nSPS) is 39.8. The molecule has 1 heterocycles. The van der Waals surface area contributed by atoms with Crippen LogP contribution in [0.5, 0.6) is 0 Å². The fraction of sp³-hybridized carbons (Fsp3) is 1.00. The first-order valence-electron chi connectivity index (χ1n) is 3.24. The zero-order valence-corrected chi connectivity index (χ0v) is 6.04. The Morgan fingerprint density at radius 1 is 1.38 bits per heavy atom. The van der Waals surface area contributed by atoms with Crippen LogP contribution in [0.25, 0.3) is 0 Å². The lowest BCUT2D eigenvalue weighted by atomic mass is 10.1. The molecule has 0 aromatic carbocycles. The van der Waals surface area contributed by atoms with E-state index < -0.39 is 0 Å². The van der Waals surface area contributed by atoms with Crippen LogP contribution in [0, 0.1) is 0 Å². The third-order valence-electron chi connectivity index (χ3n) is 1.77. The Bertz CT molecular complexity index is 56.9. The second kappa shape index (κ2) is 2.70. The van der Waals surface area contributed by atoms with Crippen molar-refractivity contribution in [3.05, 3.63) is 0 Å². The second-order valence-electron chi connectivity index (χ2n) is 2.63. The average molecular weight is 135 g/mol. The second-order valence-corrected chi connectivity index (χ2v) is 3.25. The van der Waals surface area contributed by atoms with Crippen molar-refractivity contribution in [2.24, 2.45) is 0 Å². The van der Waals surface area contributed by atoms with Crippen LogP contribution in [0.3, 0.4) is 0 Å². The summed E-state index contributed by atoms with van der Waals surface area (Å²) in [6.07, 6.45) is 2.40. The van der Waals surface area contributed by atoms with Crippen LogP contribution in [0.1, 0.15) is 12.8 Å². The Morgan fingerprint density at radius 2 is 1.88 bits per heavy atom. The molecule has 8 heavy (non-hydrogen) atoms. The summed E-state index contributed by atoms with van der Waals surface area (Å²) in [5.41, 5.74) is 0. The van der Waals surface area contributed by atoms with Crippen molar-refractivity contribution >= 4 is 11.6 Å². The van der Waals surface area contributed by atoms with Crippen LogP contribution in [0.2, 0.25) is 0 Å². The molecule has 0 atom stereocenters. The highest BCUT2D eigenvalue weighted by molar-refractivity contribution is 6.20. The molecule has 2 heteroatoms. The SMILES string of the molecule is C[NH+]1CCC(Cl)CC1. The zero-order chi connectivity index (χ0) is 5.98. The highest BCUT2D eigenvalue weighted by Crippen LogP contribution is 2.05. The maximum atomic E-state index is 5.87. The summed E-state index contributed by atoms with van der Waals surface area (Å²) >= 11 is 5.87. The van der Waals surface area contributed by atoms with E-state index in [0.717, 1.165) is 0 Å². The van der Waals surface area contributed by atoms with Crippen molar-refractivity contribution in [3.63, 3.8) is 0 Å². The lowest BCUT2D eigenvalue weighted by molar-refractivity contribution is -0.884. The van der Waals surface area contributed by atoms with Crippen molar-refractivity contribution < 1.29 is 4.90 Å². The molecule has 0 aromatic heterocycles. The van der Waals surface area contributed by atoms with Gasteiger partial charge in [0.15, 0.2) is 0 Å². The largest absolute Gasteiger partial charge is 0.337 e. The highest BCUT2D eigenvalue weighted by Gasteiger charge is 2.15. The lowest BCUT2D eigenvalue weighted by Crippen LogP contribution is -3.10. The Kier molecular flexibility index (Phi) is 2.15. The Morgan fingerprint density at radius 3 is 2.25 bits per heavy atom. The monoisotopic (exact) mass is 134 g/mol. The van der Waals surface area contributed by atoms with Gasteiger partial charge in [-0.05, 0) is 0 Å². The van der Waals surface area contributed by atoms with E-state index >= 15 is 0 Å². The fourth-order valence-corrected chi connectivity index (χ4v) is 1.29. The summed E-state index contributed by atoms with van der Waals surface area (Å²) in [6.45, 7) is 2.52. The van der Waals surface area contributed by atoms with Gasteiger partial charge in [0.25, 0.3) is 0 Å². The third-order valence-corrected chi connectivity index (χ3v) is 2.21. The maximum Gasteiger partial charge on any atom is 0.0783 e. The van der Waals surface area contributed by atoms with Gasteiger partial charge in [-0.15, -0.1) is 11.6 Å². The number of rotatable bonds is 0. The molecule has 1 saturated heterocycles. The Hall–Kier alpha value is 0.250. The van der Waals surface area contributed by atoms with Gasteiger partial charge in [0.2, 0.25) is 0 Å². The van der Waals surface area contributed by atoms with Crippen molar-refractivity contribution in [3.8, 4) is 0 Å². The van der Waals surface area contributed by atoms with Crippen molar-refractivity contribution in [2.45, 2.75) is 18.2 Å². The first-order valence-corrected chi connectivity index (χ1v) is 3.68. The molecule has 0 radical (unpaired) electrons. The van der Waals surface area contributed by atoms with Crippen molar-refractivity contribution in [1.29, 1.82) is 0 Å². The first-order chi connectivity index (χ1) is 3.79. The number of likely N-dealkylation sites (tertiary alicyclic amines) is 1. The van der Waals surface area contributed by atoms with Crippen molar-refractivity contribution in [2.75, 3.05) is 20.1 Å². The van der Waals surface area contributed by atoms with E-state index in [0.29, 0.717) is 5.38 Å². The van der Waals surface area contributed by atoms with Gasteiger partial charge in [0, 0.05) is 18.2 Å². The molecule has 1 aliphatic rings. The van der Waals surface area contributed by atoms with Crippen molar-refractivity contribution in [1.82, 2.24) is 0 Å². The molecule has 1 rings (SSSR count). The van der Waals surface area contributed by atoms with Gasteiger partial charge in [-0.25, -0.2) is 0 Å². The standard InChI is InChI=1S/C6H12ClN/c1-8-4-2-6(7)3-5-8/h6H,2-5H2,1H3/p+1. The summed E-state index contributed by atoms with van der Waals surface area (Å²) in [6, 6.07) is 0. The summed E-state index contributed by atoms with van der Waals surface area (Å²) in [5.74, 6) is 0. The molecule has 0 aromatic rings. The van der Waals surface area contributed by atoms with Gasteiger partial charge in [-0.2, -0.15) is 0 Å². The third kappa shape index (κ3) is 1.64. The number of hydrogen-bond donors (Lipinski definition) is 1. The topological polar surface area (TPSA) is 4.44 Å². The van der Waals surface area contributed by atoms with E-state index in [1.165, 1.54) is 25.9 Å². The molecule has 48 valence electrons. The van der Waals surface area contributed by atoms with Gasteiger partial charge >= 0.3 is 0 Å². The predicted molar refractivity (Wildman–Crippen MR) is 35.5 cm³/mol. The highest BCUT2D eigenvalue weighted by atomic mass is 35.5. The molecular weight excluding hydrogens is 122 g/mol. The fourth-order valence-electron chi connectivity index (χ4n) is 1.08. The summed E-state index contributed by atoms with van der Waals surface area (Å²) in [7, 11) is 2.22. The summed E-state index contributed by atoms with van der Waals surface area (Å²) in [4.78, 5) is 1.63. The smallest absolute Gasteiger partial charge is 0.0783 e. The Labute approximate surface area is 55.6 Å². The van der Waals surface area contributed by atoms with E-state index in [-0.39, 0.29) is 0 Å². The molecule has 0 bridgehead atoms. The van der Waals surface area contributed by atoms with Crippen LogP contribution in [0.15, 0.2) is 0 Å². The summed E-state index contributed by atoms with van der Waals surface area (Å²) in [5, 5.41) is 0.471. The van der Waals surface area contributed by atoms with E-state index in [1.54, 1.807) is 4.90 Å². The number of hydrogen-bond acceptors (Lipinski definition) is 0. The van der Waals surface area contributed by atoms with E-state index in [4.69, 9.17) is 11.6 Å². The molecule has 0 aliphatic carbocycles. The molecule has 0 saturated carbocycles. The molecule has 0 amide bonds. The van der Waals surface area contributed by atoms with Gasteiger partial charge < -0.3 is 4.90 Å². The molecule has 0 spiro atoms. The minimum absolute atomic E-state index is 0.471. The number of nitrogens with one attached hydrogen (secondary N) is 1. The molecule has 1 N–H and O–H groups in total. The predicted octanol–water partition coefficient (Wildman–Crippen LogP) is -0.0977. The number of halogens is 1. The maximum absolute atomic E-state index is 5.87. The first kappa shape index (κ1) is 6.37. The van der Waals surface area contributed by atoms with Crippen LogP contribution in [-0.2, 0) is 0 Å². The van der Waals surface area contributed by atoms with Gasteiger partial charge in [0.1, 0.15) is 0 Å². The van der Waals surface area contributed by atoms with Crippen LogP contribution < -0.4 is 4.90 Å². The minimum Gasteiger partial charge on any atom is -0.337 e. The number of piperidine rings is 1. The van der Waals surface area contributed by atoms with E-state index in [2.05, 4.69) is 7.05 Å². The molecule has 1 fully saturated rings. The molecule has 1 aliphatic heterocycles. The average Bonchev–Trinajstić information content (AvgIpc) is 1.77. The van der Waals surface area contributed by atoms with Crippen LogP contribution in [-0.4, -0.2) is 25.5 Å². The molecule has 1 nitrogen and oxygen atoms in total. The minimum atomic E-state index is 0.471. The lowest BCUT2D eigenvalue weighted by Gasteiger charge is -2.21. The zero-order valence-electron chi connectivity index (χ0n) is 5.28. The Balaban J connectivity index is 2.19. The van der Waals surface area contributed by atoms with Crippen LogP contribution >= 0.6 is 11.6 Å². The van der Waals surface area contributed by atoms with Gasteiger partial charge in [-0.1, -0.05) is 0 Å². The molecule has 0 unspecified atom stereocenters. The quantitative estimate of drug-likeness (QED) is 0.442. The number of quaternary nitrogens is 1. The summed E-state index contributed by atoms with van der Waals surface area (Å²) < 4.78 is 0.